The maximum atomic E-state index is 9.89. The molecule has 0 amide bonds. The van der Waals surface area contributed by atoms with Crippen molar-refractivity contribution in [3.63, 3.8) is 0 Å². The van der Waals surface area contributed by atoms with Crippen LogP contribution < -0.4 is 0 Å². The Morgan fingerprint density at radius 3 is 2.79 bits per heavy atom. The molecule has 1 aromatic carbocycles. The van der Waals surface area contributed by atoms with Gasteiger partial charge in [0.2, 0.25) is 5.79 Å². The summed E-state index contributed by atoms with van der Waals surface area (Å²) in [6, 6.07) is 7.51. The molecule has 0 spiro atoms. The summed E-state index contributed by atoms with van der Waals surface area (Å²) in [5.74, 6) is -1.71. The van der Waals surface area contributed by atoms with E-state index in [2.05, 4.69) is 0 Å². The van der Waals surface area contributed by atoms with Crippen LogP contribution >= 0.6 is 0 Å². The van der Waals surface area contributed by atoms with Crippen LogP contribution in [0.3, 0.4) is 0 Å². The van der Waals surface area contributed by atoms with Crippen molar-refractivity contribution in [3.05, 3.63) is 35.4 Å². The highest BCUT2D eigenvalue weighted by Crippen LogP contribution is 2.26. The van der Waals surface area contributed by atoms with Crippen molar-refractivity contribution in [2.24, 2.45) is 0 Å². The van der Waals surface area contributed by atoms with Crippen LogP contribution in [0.4, 0.5) is 0 Å². The van der Waals surface area contributed by atoms with E-state index in [1.165, 1.54) is 0 Å². The zero-order valence-corrected chi connectivity index (χ0v) is 8.27. The van der Waals surface area contributed by atoms with Gasteiger partial charge in [0.05, 0.1) is 6.54 Å². The Labute approximate surface area is 83.6 Å². The molecule has 0 saturated heterocycles. The molecule has 0 radical (unpaired) electrons. The van der Waals surface area contributed by atoms with Gasteiger partial charge in [-0.3, -0.25) is 0 Å². The fourth-order valence-electron chi connectivity index (χ4n) is 1.98. The Kier molecular flexibility index (Phi) is 2.31. The SMILES string of the molecule is CN1CCc2ccccc2C(O)(O)C1. The third-order valence-electron chi connectivity index (χ3n) is 2.70. The summed E-state index contributed by atoms with van der Waals surface area (Å²) in [4.78, 5) is 1.93. The topological polar surface area (TPSA) is 43.7 Å². The molecule has 1 aliphatic heterocycles. The van der Waals surface area contributed by atoms with E-state index in [1.807, 2.05) is 30.1 Å². The van der Waals surface area contributed by atoms with Gasteiger partial charge in [0, 0.05) is 12.1 Å². The molecule has 0 saturated carbocycles. The first-order valence-electron chi connectivity index (χ1n) is 4.81. The van der Waals surface area contributed by atoms with Crippen LogP contribution in [0.2, 0.25) is 0 Å². The minimum absolute atomic E-state index is 0.268. The lowest BCUT2D eigenvalue weighted by Gasteiger charge is -2.25. The Morgan fingerprint density at radius 1 is 1.29 bits per heavy atom. The number of rotatable bonds is 0. The molecule has 1 aromatic rings. The van der Waals surface area contributed by atoms with E-state index in [-0.39, 0.29) is 6.54 Å². The molecule has 0 atom stereocenters. The quantitative estimate of drug-likeness (QED) is 0.583. The second-order valence-electron chi connectivity index (χ2n) is 3.96. The molecule has 0 aliphatic carbocycles. The molecule has 2 rings (SSSR count). The van der Waals surface area contributed by atoms with Gasteiger partial charge in [0.25, 0.3) is 0 Å². The first-order chi connectivity index (χ1) is 6.59. The molecule has 76 valence electrons. The summed E-state index contributed by atoms with van der Waals surface area (Å²) in [6.07, 6.45) is 0.871. The number of hydrogen-bond donors (Lipinski definition) is 2. The lowest BCUT2D eigenvalue weighted by Crippen LogP contribution is -2.37. The van der Waals surface area contributed by atoms with E-state index in [0.29, 0.717) is 5.56 Å². The molecule has 14 heavy (non-hydrogen) atoms. The Bertz CT molecular complexity index is 336. The molecule has 0 aromatic heterocycles. The Morgan fingerprint density at radius 2 is 2.00 bits per heavy atom. The molecule has 0 fully saturated rings. The van der Waals surface area contributed by atoms with Gasteiger partial charge in [-0.1, -0.05) is 24.3 Å². The average Bonchev–Trinajstić information content (AvgIpc) is 2.24. The number of fused-ring (bicyclic) bond motifs is 1. The maximum absolute atomic E-state index is 9.89. The van der Waals surface area contributed by atoms with E-state index in [1.54, 1.807) is 6.07 Å². The summed E-state index contributed by atoms with van der Waals surface area (Å²) < 4.78 is 0. The zero-order chi connectivity index (χ0) is 10.2. The standard InChI is InChI=1S/C11H15NO2/c1-12-7-6-9-4-2-3-5-10(9)11(13,14)8-12/h2-5,13-14H,6-8H2,1H3. The van der Waals surface area contributed by atoms with Gasteiger partial charge in [-0.15, -0.1) is 0 Å². The third-order valence-corrected chi connectivity index (χ3v) is 2.70. The molecule has 3 nitrogen and oxygen atoms in total. The lowest BCUT2D eigenvalue weighted by atomic mass is 9.99. The van der Waals surface area contributed by atoms with E-state index >= 15 is 0 Å². The van der Waals surface area contributed by atoms with E-state index < -0.39 is 5.79 Å². The van der Waals surface area contributed by atoms with Gasteiger partial charge in [0.1, 0.15) is 0 Å². The summed E-state index contributed by atoms with van der Waals surface area (Å²) in [5, 5.41) is 19.8. The van der Waals surface area contributed by atoms with Crippen molar-refractivity contribution in [1.82, 2.24) is 4.90 Å². The van der Waals surface area contributed by atoms with Crippen LogP contribution in [0.15, 0.2) is 24.3 Å². The monoisotopic (exact) mass is 193 g/mol. The highest BCUT2D eigenvalue weighted by atomic mass is 16.5. The van der Waals surface area contributed by atoms with E-state index in [9.17, 15) is 10.2 Å². The van der Waals surface area contributed by atoms with Crippen molar-refractivity contribution in [2.75, 3.05) is 20.1 Å². The zero-order valence-electron chi connectivity index (χ0n) is 8.27. The first kappa shape index (κ1) is 9.65. The number of aliphatic hydroxyl groups is 2. The summed E-state index contributed by atoms with van der Waals surface area (Å²) in [6.45, 7) is 1.13. The molecule has 1 aliphatic rings. The highest BCUT2D eigenvalue weighted by Gasteiger charge is 2.31. The van der Waals surface area contributed by atoms with Crippen LogP contribution in [0.5, 0.6) is 0 Å². The molecule has 3 heteroatoms. The second-order valence-corrected chi connectivity index (χ2v) is 3.96. The van der Waals surface area contributed by atoms with Crippen molar-refractivity contribution in [2.45, 2.75) is 12.2 Å². The van der Waals surface area contributed by atoms with Crippen LogP contribution in [0.1, 0.15) is 11.1 Å². The fraction of sp³-hybridized carbons (Fsp3) is 0.455. The highest BCUT2D eigenvalue weighted by molar-refractivity contribution is 5.32. The predicted octanol–water partition coefficient (Wildman–Crippen LogP) is 0.312. The molecule has 0 bridgehead atoms. The van der Waals surface area contributed by atoms with Gasteiger partial charge in [0.15, 0.2) is 0 Å². The number of nitrogens with zero attached hydrogens (tertiary/aromatic N) is 1. The number of benzene rings is 1. The Hall–Kier alpha value is -0.900. The average molecular weight is 193 g/mol. The molecule has 1 heterocycles. The van der Waals surface area contributed by atoms with Gasteiger partial charge in [-0.05, 0) is 19.0 Å². The smallest absolute Gasteiger partial charge is 0.203 e. The molecule has 0 unspecified atom stereocenters. The van der Waals surface area contributed by atoms with E-state index in [4.69, 9.17) is 0 Å². The number of likely N-dealkylation sites (N-methyl/N-ethyl adjacent to an activating group) is 1. The van der Waals surface area contributed by atoms with Gasteiger partial charge >= 0.3 is 0 Å². The third kappa shape index (κ3) is 1.66. The van der Waals surface area contributed by atoms with Crippen LogP contribution in [-0.4, -0.2) is 35.3 Å². The predicted molar refractivity (Wildman–Crippen MR) is 53.8 cm³/mol. The van der Waals surface area contributed by atoms with Crippen LogP contribution in [0, 0.1) is 0 Å². The fourth-order valence-corrected chi connectivity index (χ4v) is 1.98. The van der Waals surface area contributed by atoms with E-state index in [0.717, 1.165) is 18.5 Å². The lowest BCUT2D eigenvalue weighted by molar-refractivity contribution is -0.178. The molecular weight excluding hydrogens is 178 g/mol. The van der Waals surface area contributed by atoms with Gasteiger partial charge < -0.3 is 15.1 Å². The molecule has 2 N–H and O–H groups in total. The maximum Gasteiger partial charge on any atom is 0.203 e. The number of hydrogen-bond acceptors (Lipinski definition) is 3. The van der Waals surface area contributed by atoms with Gasteiger partial charge in [-0.25, -0.2) is 0 Å². The number of β-amino-alcohol motifs (C(OH)–C–C–N with tert-alkyl or cyclic N) is 2. The Balaban J connectivity index is 2.45. The van der Waals surface area contributed by atoms with Crippen molar-refractivity contribution < 1.29 is 10.2 Å². The normalized spacial score (nSPS) is 21.4. The summed E-state index contributed by atoms with van der Waals surface area (Å²) in [7, 11) is 1.90. The van der Waals surface area contributed by atoms with Crippen LogP contribution in [0.25, 0.3) is 0 Å². The first-order valence-corrected chi connectivity index (χ1v) is 4.81. The van der Waals surface area contributed by atoms with Crippen LogP contribution in [-0.2, 0) is 12.2 Å². The van der Waals surface area contributed by atoms with Crippen molar-refractivity contribution in [1.29, 1.82) is 0 Å². The summed E-state index contributed by atoms with van der Waals surface area (Å²) >= 11 is 0. The minimum Gasteiger partial charge on any atom is -0.361 e. The van der Waals surface area contributed by atoms with Crippen molar-refractivity contribution in [3.8, 4) is 0 Å². The van der Waals surface area contributed by atoms with Crippen molar-refractivity contribution >= 4 is 0 Å². The molecular formula is C11H15NO2. The van der Waals surface area contributed by atoms with Gasteiger partial charge in [-0.2, -0.15) is 0 Å². The minimum atomic E-state index is -1.71. The second kappa shape index (κ2) is 3.35. The summed E-state index contributed by atoms with van der Waals surface area (Å²) in [5.41, 5.74) is 1.67. The largest absolute Gasteiger partial charge is 0.361 e.